The van der Waals surface area contributed by atoms with Gasteiger partial charge in [0.1, 0.15) is 0 Å². The van der Waals surface area contributed by atoms with Gasteiger partial charge in [-0.2, -0.15) is 13.2 Å². The Morgan fingerprint density at radius 3 is 2.44 bits per heavy atom. The van der Waals surface area contributed by atoms with E-state index < -0.39 is 12.1 Å². The van der Waals surface area contributed by atoms with Gasteiger partial charge in [0.05, 0.1) is 0 Å². The molecule has 2 heterocycles. The zero-order valence-electron chi connectivity index (χ0n) is 16.9. The van der Waals surface area contributed by atoms with E-state index in [2.05, 4.69) is 53.3 Å². The molecule has 0 saturated carbocycles. The van der Waals surface area contributed by atoms with Crippen molar-refractivity contribution in [3.8, 4) is 11.1 Å². The second-order valence-corrected chi connectivity index (χ2v) is 8.22. The highest BCUT2D eigenvalue weighted by molar-refractivity contribution is 6.35. The standard InChI is InChI=1S/C21H18Cl2N2.C2HF3O2/c1-25-12-19(18-9-17(22)10-21(23)20(18)13-25)15-5-2-4-14(8-15)16-6-3-7-24-11-16;3-2(4,5)1(6)7/h2-11,19H,12-13H2,1H3;(H,6,7)/t19-;/m0./s1. The molecule has 1 aliphatic heterocycles. The van der Waals surface area contributed by atoms with Crippen LogP contribution in [0.15, 0.2) is 60.9 Å². The Morgan fingerprint density at radius 2 is 1.81 bits per heavy atom. The van der Waals surface area contributed by atoms with Crippen LogP contribution < -0.4 is 0 Å². The number of carboxylic acids is 1. The van der Waals surface area contributed by atoms with Crippen molar-refractivity contribution in [2.45, 2.75) is 18.6 Å². The lowest BCUT2D eigenvalue weighted by Crippen LogP contribution is -2.31. The maximum atomic E-state index is 10.6. The Hall–Kier alpha value is -2.61. The minimum absolute atomic E-state index is 0.251. The summed E-state index contributed by atoms with van der Waals surface area (Å²) in [6.07, 6.45) is -1.39. The molecule has 1 N–H and O–H groups in total. The van der Waals surface area contributed by atoms with Gasteiger partial charge >= 0.3 is 12.1 Å². The fourth-order valence-electron chi connectivity index (χ4n) is 3.60. The van der Waals surface area contributed by atoms with Crippen LogP contribution in [0.25, 0.3) is 11.1 Å². The van der Waals surface area contributed by atoms with Gasteiger partial charge in [0.15, 0.2) is 0 Å². The van der Waals surface area contributed by atoms with E-state index in [9.17, 15) is 13.2 Å². The Kier molecular flexibility index (Phi) is 7.44. The molecule has 0 bridgehead atoms. The van der Waals surface area contributed by atoms with Crippen LogP contribution in [0.2, 0.25) is 10.0 Å². The number of benzene rings is 2. The molecule has 1 atom stereocenters. The van der Waals surface area contributed by atoms with Gasteiger partial charge in [-0.15, -0.1) is 0 Å². The fourth-order valence-corrected chi connectivity index (χ4v) is 4.17. The average Bonchev–Trinajstić information content (AvgIpc) is 2.74. The van der Waals surface area contributed by atoms with Gasteiger partial charge in [0, 0.05) is 41.4 Å². The number of pyridine rings is 1. The van der Waals surface area contributed by atoms with Crippen molar-refractivity contribution >= 4 is 29.2 Å². The van der Waals surface area contributed by atoms with Crippen LogP contribution in [-0.4, -0.2) is 40.7 Å². The smallest absolute Gasteiger partial charge is 0.475 e. The third-order valence-corrected chi connectivity index (χ3v) is 5.57. The van der Waals surface area contributed by atoms with E-state index in [1.165, 1.54) is 22.3 Å². The molecule has 0 unspecified atom stereocenters. The lowest BCUT2D eigenvalue weighted by molar-refractivity contribution is -0.192. The molecular formula is C23H19Cl2F3N2O2. The molecule has 168 valence electrons. The lowest BCUT2D eigenvalue weighted by atomic mass is 9.84. The quantitative estimate of drug-likeness (QED) is 0.467. The summed E-state index contributed by atoms with van der Waals surface area (Å²) in [7, 11) is 2.13. The van der Waals surface area contributed by atoms with E-state index in [-0.39, 0.29) is 5.92 Å². The summed E-state index contributed by atoms with van der Waals surface area (Å²) in [5, 5.41) is 8.57. The van der Waals surface area contributed by atoms with E-state index >= 15 is 0 Å². The summed E-state index contributed by atoms with van der Waals surface area (Å²) < 4.78 is 31.7. The van der Waals surface area contributed by atoms with Crippen molar-refractivity contribution in [1.82, 2.24) is 9.88 Å². The monoisotopic (exact) mass is 482 g/mol. The van der Waals surface area contributed by atoms with Gasteiger partial charge in [-0.3, -0.25) is 4.98 Å². The van der Waals surface area contributed by atoms with Crippen LogP contribution in [0.1, 0.15) is 22.6 Å². The predicted octanol–water partition coefficient (Wildman–Crippen LogP) is 6.27. The SMILES string of the molecule is CN1Cc2c(Cl)cc(Cl)cc2[C@H](c2cccc(-c3cccnc3)c2)C1.O=C(O)C(F)(F)F. The highest BCUT2D eigenvalue weighted by Gasteiger charge is 2.38. The molecule has 0 amide bonds. The zero-order chi connectivity index (χ0) is 23.5. The van der Waals surface area contributed by atoms with Gasteiger partial charge in [0.25, 0.3) is 0 Å². The molecule has 0 fully saturated rings. The summed E-state index contributed by atoms with van der Waals surface area (Å²) >= 11 is 12.8. The van der Waals surface area contributed by atoms with Gasteiger partial charge in [0.2, 0.25) is 0 Å². The number of halogens is 5. The first-order chi connectivity index (χ1) is 15.1. The number of rotatable bonds is 2. The Balaban J connectivity index is 0.000000360. The number of fused-ring (bicyclic) bond motifs is 1. The number of carboxylic acid groups (broad SMARTS) is 1. The molecule has 9 heteroatoms. The summed E-state index contributed by atoms with van der Waals surface area (Å²) in [5.41, 5.74) is 5.98. The maximum absolute atomic E-state index is 10.6. The van der Waals surface area contributed by atoms with E-state index in [4.69, 9.17) is 33.1 Å². The number of hydrogen-bond donors (Lipinski definition) is 1. The van der Waals surface area contributed by atoms with Crippen LogP contribution >= 0.6 is 23.2 Å². The molecule has 32 heavy (non-hydrogen) atoms. The lowest BCUT2D eigenvalue weighted by Gasteiger charge is -2.33. The number of likely N-dealkylation sites (N-methyl/N-ethyl adjacent to an activating group) is 1. The van der Waals surface area contributed by atoms with Crippen LogP contribution in [0.3, 0.4) is 0 Å². The second-order valence-electron chi connectivity index (χ2n) is 7.37. The fraction of sp³-hybridized carbons (Fsp3) is 0.217. The molecule has 1 aromatic heterocycles. The van der Waals surface area contributed by atoms with Crippen molar-refractivity contribution in [3.05, 3.63) is 87.7 Å². The van der Waals surface area contributed by atoms with E-state index in [0.29, 0.717) is 5.02 Å². The first kappa shape index (κ1) is 24.0. The van der Waals surface area contributed by atoms with Crippen LogP contribution in [0, 0.1) is 0 Å². The minimum Gasteiger partial charge on any atom is -0.475 e. The summed E-state index contributed by atoms with van der Waals surface area (Å²) in [5.74, 6) is -2.51. The molecule has 1 aliphatic rings. The van der Waals surface area contributed by atoms with Gasteiger partial charge < -0.3 is 10.0 Å². The molecule has 4 nitrogen and oxygen atoms in total. The topological polar surface area (TPSA) is 53.4 Å². The Morgan fingerprint density at radius 1 is 1.12 bits per heavy atom. The van der Waals surface area contributed by atoms with Gasteiger partial charge in [-0.05, 0) is 53.1 Å². The molecule has 0 aliphatic carbocycles. The van der Waals surface area contributed by atoms with E-state index in [1.54, 1.807) is 6.20 Å². The summed E-state index contributed by atoms with van der Waals surface area (Å²) in [4.78, 5) is 15.4. The first-order valence-electron chi connectivity index (χ1n) is 9.53. The summed E-state index contributed by atoms with van der Waals surface area (Å²) in [6, 6.07) is 16.6. The Labute approximate surface area is 193 Å². The number of carbonyl (C=O) groups is 1. The van der Waals surface area contributed by atoms with E-state index in [1.807, 2.05) is 18.3 Å². The van der Waals surface area contributed by atoms with Crippen molar-refractivity contribution in [3.63, 3.8) is 0 Å². The molecule has 0 spiro atoms. The van der Waals surface area contributed by atoms with Crippen molar-refractivity contribution in [2.24, 2.45) is 0 Å². The van der Waals surface area contributed by atoms with Crippen molar-refractivity contribution < 1.29 is 23.1 Å². The zero-order valence-corrected chi connectivity index (χ0v) is 18.4. The van der Waals surface area contributed by atoms with Crippen molar-refractivity contribution in [1.29, 1.82) is 0 Å². The van der Waals surface area contributed by atoms with Gasteiger partial charge in [-0.1, -0.05) is 53.5 Å². The van der Waals surface area contributed by atoms with Crippen LogP contribution in [0.5, 0.6) is 0 Å². The molecule has 4 rings (SSSR count). The number of alkyl halides is 3. The normalized spacial score (nSPS) is 16.0. The Bertz CT molecular complexity index is 1110. The highest BCUT2D eigenvalue weighted by Crippen LogP contribution is 2.39. The minimum atomic E-state index is -5.08. The predicted molar refractivity (Wildman–Crippen MR) is 118 cm³/mol. The largest absolute Gasteiger partial charge is 0.490 e. The number of aromatic nitrogens is 1. The third-order valence-electron chi connectivity index (χ3n) is 5.02. The van der Waals surface area contributed by atoms with Gasteiger partial charge in [-0.25, -0.2) is 4.79 Å². The number of hydrogen-bond acceptors (Lipinski definition) is 3. The highest BCUT2D eigenvalue weighted by atomic mass is 35.5. The maximum Gasteiger partial charge on any atom is 0.490 e. The third kappa shape index (κ3) is 5.79. The van der Waals surface area contributed by atoms with Crippen LogP contribution in [-0.2, 0) is 11.3 Å². The molecule has 0 saturated heterocycles. The first-order valence-corrected chi connectivity index (χ1v) is 10.3. The van der Waals surface area contributed by atoms with Crippen LogP contribution in [0.4, 0.5) is 13.2 Å². The number of nitrogens with zero attached hydrogens (tertiary/aromatic N) is 2. The molecule has 2 aromatic carbocycles. The number of aliphatic carboxylic acids is 1. The van der Waals surface area contributed by atoms with Crippen molar-refractivity contribution in [2.75, 3.05) is 13.6 Å². The molecule has 0 radical (unpaired) electrons. The second kappa shape index (κ2) is 9.90. The van der Waals surface area contributed by atoms with E-state index in [0.717, 1.165) is 23.7 Å². The molecule has 3 aromatic rings. The summed E-state index contributed by atoms with van der Waals surface area (Å²) in [6.45, 7) is 1.80. The molecular weight excluding hydrogens is 464 g/mol. The average molecular weight is 483 g/mol.